The number of hydrogen-bond acceptors (Lipinski definition) is 5. The maximum absolute atomic E-state index is 5.74. The lowest BCUT2D eigenvalue weighted by Crippen LogP contribution is -2.32. The molecule has 1 fully saturated rings. The fourth-order valence-electron chi connectivity index (χ4n) is 2.31. The molecule has 0 aromatic heterocycles. The zero-order chi connectivity index (χ0) is 13.6. The van der Waals surface area contributed by atoms with E-state index >= 15 is 0 Å². The van der Waals surface area contributed by atoms with Crippen molar-refractivity contribution in [1.82, 2.24) is 5.32 Å². The Morgan fingerprint density at radius 1 is 1.05 bits per heavy atom. The zero-order valence-corrected chi connectivity index (χ0v) is 13.2. The second kappa shape index (κ2) is 7.48. The van der Waals surface area contributed by atoms with Crippen molar-refractivity contribution in [3.05, 3.63) is 23.8 Å². The summed E-state index contributed by atoms with van der Waals surface area (Å²) in [6.07, 6.45) is 0.957. The summed E-state index contributed by atoms with van der Waals surface area (Å²) >= 11 is 4.11. The topological polar surface area (TPSA) is 30.5 Å². The highest BCUT2D eigenvalue weighted by molar-refractivity contribution is 8.03. The summed E-state index contributed by atoms with van der Waals surface area (Å²) in [7, 11) is 0. The third-order valence-electron chi connectivity index (χ3n) is 3.42. The highest BCUT2D eigenvalue weighted by Gasteiger charge is 2.14. The fourth-order valence-corrected chi connectivity index (χ4v) is 4.78. The molecule has 0 amide bonds. The summed E-state index contributed by atoms with van der Waals surface area (Å²) in [6, 6.07) is 6.90. The lowest BCUT2D eigenvalue weighted by atomic mass is 10.2. The highest BCUT2D eigenvalue weighted by Crippen LogP contribution is 2.30. The van der Waals surface area contributed by atoms with E-state index in [0.717, 1.165) is 37.7 Å². The maximum Gasteiger partial charge on any atom is 0.161 e. The van der Waals surface area contributed by atoms with Crippen LogP contribution in [0.4, 0.5) is 0 Å². The molecule has 3 nitrogen and oxygen atoms in total. The lowest BCUT2D eigenvalue weighted by Gasteiger charge is -2.16. The van der Waals surface area contributed by atoms with Gasteiger partial charge < -0.3 is 14.8 Å². The minimum absolute atomic E-state index is 0.614. The minimum atomic E-state index is 0.614. The summed E-state index contributed by atoms with van der Waals surface area (Å²) in [5.74, 6) is 6.78. The molecule has 0 atom stereocenters. The van der Waals surface area contributed by atoms with Gasteiger partial charge in [0.2, 0.25) is 0 Å². The first-order chi connectivity index (χ1) is 9.92. The van der Waals surface area contributed by atoms with E-state index in [-0.39, 0.29) is 0 Å². The van der Waals surface area contributed by atoms with Gasteiger partial charge in [0.1, 0.15) is 0 Å². The smallest absolute Gasteiger partial charge is 0.161 e. The third-order valence-corrected chi connectivity index (χ3v) is 5.94. The summed E-state index contributed by atoms with van der Waals surface area (Å²) in [4.78, 5) is 0. The van der Waals surface area contributed by atoms with Crippen molar-refractivity contribution in [3.8, 4) is 11.5 Å². The molecule has 1 aromatic carbocycles. The molecule has 0 spiro atoms. The van der Waals surface area contributed by atoms with Gasteiger partial charge in [-0.05, 0) is 17.7 Å². The molecule has 1 N–H and O–H groups in total. The molecule has 20 heavy (non-hydrogen) atoms. The van der Waals surface area contributed by atoms with Crippen molar-refractivity contribution in [2.45, 2.75) is 19.0 Å². The van der Waals surface area contributed by atoms with Gasteiger partial charge in [-0.15, -0.1) is 0 Å². The SMILES string of the molecule is c1cc2c(cc1CNC1CSCCSC1)OCCCO2. The zero-order valence-electron chi connectivity index (χ0n) is 11.6. The molecule has 2 aliphatic rings. The highest BCUT2D eigenvalue weighted by atomic mass is 32.2. The Morgan fingerprint density at radius 3 is 2.60 bits per heavy atom. The normalized spacial score (nSPS) is 20.2. The second-order valence-electron chi connectivity index (χ2n) is 5.06. The van der Waals surface area contributed by atoms with Crippen LogP contribution >= 0.6 is 23.5 Å². The number of hydrogen-bond donors (Lipinski definition) is 1. The average Bonchev–Trinajstić information content (AvgIpc) is 2.87. The van der Waals surface area contributed by atoms with Crippen molar-refractivity contribution in [1.29, 1.82) is 0 Å². The summed E-state index contributed by atoms with van der Waals surface area (Å²) in [5.41, 5.74) is 1.27. The summed E-state index contributed by atoms with van der Waals surface area (Å²) < 4.78 is 11.4. The van der Waals surface area contributed by atoms with E-state index in [2.05, 4.69) is 41.0 Å². The molecule has 1 aromatic rings. The van der Waals surface area contributed by atoms with Crippen molar-refractivity contribution < 1.29 is 9.47 Å². The van der Waals surface area contributed by atoms with Gasteiger partial charge in [0, 0.05) is 42.0 Å². The van der Waals surface area contributed by atoms with Crippen LogP contribution in [0.15, 0.2) is 18.2 Å². The largest absolute Gasteiger partial charge is 0.490 e. The number of fused-ring (bicyclic) bond motifs is 1. The fraction of sp³-hybridized carbons (Fsp3) is 0.600. The van der Waals surface area contributed by atoms with Crippen LogP contribution in [0.25, 0.3) is 0 Å². The molecule has 110 valence electrons. The van der Waals surface area contributed by atoms with Gasteiger partial charge in [0.05, 0.1) is 13.2 Å². The number of nitrogens with one attached hydrogen (secondary N) is 1. The quantitative estimate of drug-likeness (QED) is 0.927. The van der Waals surface area contributed by atoms with Crippen molar-refractivity contribution in [3.63, 3.8) is 0 Å². The van der Waals surface area contributed by atoms with Crippen LogP contribution < -0.4 is 14.8 Å². The van der Waals surface area contributed by atoms with E-state index in [1.165, 1.54) is 28.6 Å². The lowest BCUT2D eigenvalue weighted by molar-refractivity contribution is 0.297. The predicted molar refractivity (Wildman–Crippen MR) is 87.3 cm³/mol. The van der Waals surface area contributed by atoms with Gasteiger partial charge in [0.15, 0.2) is 11.5 Å². The molecule has 3 rings (SSSR count). The summed E-state index contributed by atoms with van der Waals surface area (Å²) in [5, 5.41) is 3.66. The van der Waals surface area contributed by atoms with Crippen LogP contribution in [-0.4, -0.2) is 42.3 Å². The van der Waals surface area contributed by atoms with E-state index in [4.69, 9.17) is 9.47 Å². The molecule has 0 unspecified atom stereocenters. The molecular formula is C15H21NO2S2. The Morgan fingerprint density at radius 2 is 1.80 bits per heavy atom. The van der Waals surface area contributed by atoms with Gasteiger partial charge in [-0.25, -0.2) is 0 Å². The van der Waals surface area contributed by atoms with Crippen LogP contribution in [0.2, 0.25) is 0 Å². The molecule has 0 aliphatic carbocycles. The van der Waals surface area contributed by atoms with E-state index in [1.807, 2.05) is 6.07 Å². The Kier molecular flexibility index (Phi) is 5.39. The predicted octanol–water partition coefficient (Wildman–Crippen LogP) is 2.79. The Hall–Kier alpha value is -0.520. The third kappa shape index (κ3) is 3.99. The van der Waals surface area contributed by atoms with E-state index in [1.54, 1.807) is 0 Å². The van der Waals surface area contributed by atoms with Gasteiger partial charge in [-0.2, -0.15) is 23.5 Å². The second-order valence-corrected chi connectivity index (χ2v) is 7.36. The number of rotatable bonds is 3. The molecule has 0 saturated carbocycles. The van der Waals surface area contributed by atoms with Crippen molar-refractivity contribution in [2.24, 2.45) is 0 Å². The molecule has 0 bridgehead atoms. The van der Waals surface area contributed by atoms with Crippen LogP contribution in [-0.2, 0) is 6.54 Å². The molecule has 2 aliphatic heterocycles. The minimum Gasteiger partial charge on any atom is -0.490 e. The average molecular weight is 311 g/mol. The molecule has 5 heteroatoms. The molecular weight excluding hydrogens is 290 g/mol. The van der Waals surface area contributed by atoms with Crippen LogP contribution in [0, 0.1) is 0 Å². The Bertz CT molecular complexity index is 434. The van der Waals surface area contributed by atoms with E-state index < -0.39 is 0 Å². The van der Waals surface area contributed by atoms with Crippen LogP contribution in [0.3, 0.4) is 0 Å². The van der Waals surface area contributed by atoms with Gasteiger partial charge in [-0.1, -0.05) is 6.07 Å². The van der Waals surface area contributed by atoms with E-state index in [9.17, 15) is 0 Å². The first-order valence-electron chi connectivity index (χ1n) is 7.19. The van der Waals surface area contributed by atoms with Crippen LogP contribution in [0.5, 0.6) is 11.5 Å². The first-order valence-corrected chi connectivity index (χ1v) is 9.50. The summed E-state index contributed by atoms with van der Waals surface area (Å²) in [6.45, 7) is 2.41. The van der Waals surface area contributed by atoms with Crippen LogP contribution in [0.1, 0.15) is 12.0 Å². The van der Waals surface area contributed by atoms with Crippen molar-refractivity contribution >= 4 is 23.5 Å². The number of benzene rings is 1. The monoisotopic (exact) mass is 311 g/mol. The number of thioether (sulfide) groups is 2. The molecule has 1 saturated heterocycles. The maximum atomic E-state index is 5.74. The van der Waals surface area contributed by atoms with E-state index in [0.29, 0.717) is 6.04 Å². The van der Waals surface area contributed by atoms with Gasteiger partial charge in [0.25, 0.3) is 0 Å². The van der Waals surface area contributed by atoms with Crippen molar-refractivity contribution in [2.75, 3.05) is 36.2 Å². The van der Waals surface area contributed by atoms with Gasteiger partial charge >= 0.3 is 0 Å². The Labute approximate surface area is 129 Å². The number of ether oxygens (including phenoxy) is 2. The Balaban J connectivity index is 1.58. The standard InChI is InChI=1S/C15H21NO2S2/c1-4-17-14-3-2-12(8-15(14)18-5-1)9-16-13-10-19-6-7-20-11-13/h2-3,8,13,16H,1,4-7,9-11H2. The first kappa shape index (κ1) is 14.4. The van der Waals surface area contributed by atoms with Gasteiger partial charge in [-0.3, -0.25) is 0 Å². The molecule has 2 heterocycles. The molecule has 0 radical (unpaired) electrons.